The number of nitrogens with one attached hydrogen (secondary N) is 2. The summed E-state index contributed by atoms with van der Waals surface area (Å²) in [6.07, 6.45) is 4.21. The first kappa shape index (κ1) is 23.6. The number of ether oxygens (including phenoxy) is 2. The van der Waals surface area contributed by atoms with Crippen LogP contribution >= 0.6 is 11.3 Å². The molecule has 10 nitrogen and oxygen atoms in total. The summed E-state index contributed by atoms with van der Waals surface area (Å²) in [7, 11) is 1.40. The number of rotatable bonds is 6. The third kappa shape index (κ3) is 5.02. The van der Waals surface area contributed by atoms with Crippen molar-refractivity contribution in [2.24, 2.45) is 0 Å². The van der Waals surface area contributed by atoms with Gasteiger partial charge in [-0.15, -0.1) is 10.2 Å². The van der Waals surface area contributed by atoms with Gasteiger partial charge in [-0.25, -0.2) is 4.39 Å². The lowest BCUT2D eigenvalue weighted by Crippen LogP contribution is -2.38. The van der Waals surface area contributed by atoms with Gasteiger partial charge in [0, 0.05) is 36.7 Å². The van der Waals surface area contributed by atoms with Gasteiger partial charge in [0.05, 0.1) is 30.1 Å². The molecule has 0 aliphatic carbocycles. The quantitative estimate of drug-likeness (QED) is 0.544. The second-order valence-corrected chi connectivity index (χ2v) is 8.68. The zero-order valence-corrected chi connectivity index (χ0v) is 19.7. The van der Waals surface area contributed by atoms with Crippen molar-refractivity contribution in [3.8, 4) is 16.9 Å². The summed E-state index contributed by atoms with van der Waals surface area (Å²) in [5.74, 6) is -1.35. The third-order valence-electron chi connectivity index (χ3n) is 5.33. The van der Waals surface area contributed by atoms with Gasteiger partial charge >= 0.3 is 0 Å². The van der Waals surface area contributed by atoms with E-state index in [-0.39, 0.29) is 44.7 Å². The largest absolute Gasteiger partial charge is 0.494 e. The lowest BCUT2D eigenvalue weighted by molar-refractivity contribution is 0.0696. The molecular formula is C22H23FN6O4S. The minimum absolute atomic E-state index is 0.0121. The van der Waals surface area contributed by atoms with Gasteiger partial charge in [-0.1, -0.05) is 11.3 Å². The summed E-state index contributed by atoms with van der Waals surface area (Å²) in [5.41, 5.74) is 1.27. The lowest BCUT2D eigenvalue weighted by atomic mass is 9.99. The summed E-state index contributed by atoms with van der Waals surface area (Å²) in [5, 5.41) is 13.6. The maximum atomic E-state index is 15.1. The second-order valence-electron chi connectivity index (χ2n) is 7.70. The number of carbonyl (C=O) groups excluding carboxylic acids is 2. The zero-order chi connectivity index (χ0) is 24.2. The topological polar surface area (TPSA) is 128 Å². The first-order chi connectivity index (χ1) is 16.4. The number of pyridine rings is 2. The minimum atomic E-state index is -0.595. The number of halogens is 1. The molecule has 1 saturated heterocycles. The highest BCUT2D eigenvalue weighted by Gasteiger charge is 2.24. The fraction of sp³-hybridized carbons (Fsp3) is 0.364. The number of hydrogen-bond acceptors (Lipinski definition) is 9. The molecule has 3 aromatic rings. The molecule has 2 amide bonds. The van der Waals surface area contributed by atoms with Crippen molar-refractivity contribution in [2.75, 3.05) is 25.6 Å². The van der Waals surface area contributed by atoms with Gasteiger partial charge in [0.15, 0.2) is 5.82 Å². The monoisotopic (exact) mass is 486 g/mol. The molecule has 1 fully saturated rings. The molecule has 0 aromatic carbocycles. The van der Waals surface area contributed by atoms with E-state index in [1.54, 1.807) is 13.0 Å². The molecule has 0 atom stereocenters. The van der Waals surface area contributed by atoms with Gasteiger partial charge in [0.25, 0.3) is 11.8 Å². The molecule has 4 heterocycles. The SMILES string of the molecule is COc1cnc(C)c(F)c1-c1cc(C)ncc1C(=O)Nc1nnc(C(=O)NC2CCOCC2)s1. The third-order valence-corrected chi connectivity index (χ3v) is 6.17. The van der Waals surface area contributed by atoms with Crippen molar-refractivity contribution in [2.45, 2.75) is 32.7 Å². The molecule has 1 aliphatic rings. The maximum absolute atomic E-state index is 15.1. The minimum Gasteiger partial charge on any atom is -0.494 e. The molecule has 3 aromatic heterocycles. The molecule has 12 heteroatoms. The van der Waals surface area contributed by atoms with Crippen molar-refractivity contribution in [3.05, 3.63) is 46.2 Å². The number of aromatic nitrogens is 4. The molecule has 0 radical (unpaired) electrons. The highest BCUT2D eigenvalue weighted by molar-refractivity contribution is 7.17. The van der Waals surface area contributed by atoms with Crippen LogP contribution in [0.5, 0.6) is 5.75 Å². The zero-order valence-electron chi connectivity index (χ0n) is 18.8. The number of methoxy groups -OCH3 is 1. The van der Waals surface area contributed by atoms with Crippen LogP contribution in [-0.2, 0) is 4.74 Å². The van der Waals surface area contributed by atoms with Crippen molar-refractivity contribution in [1.29, 1.82) is 0 Å². The van der Waals surface area contributed by atoms with Crippen LogP contribution in [0.25, 0.3) is 11.1 Å². The summed E-state index contributed by atoms with van der Waals surface area (Å²) in [6.45, 7) is 4.45. The van der Waals surface area contributed by atoms with E-state index in [0.717, 1.165) is 24.2 Å². The van der Waals surface area contributed by atoms with Crippen molar-refractivity contribution in [1.82, 2.24) is 25.5 Å². The fourth-order valence-electron chi connectivity index (χ4n) is 3.54. The summed E-state index contributed by atoms with van der Waals surface area (Å²) in [6, 6.07) is 1.61. The van der Waals surface area contributed by atoms with E-state index in [0.29, 0.717) is 24.5 Å². The summed E-state index contributed by atoms with van der Waals surface area (Å²) >= 11 is 0.944. The van der Waals surface area contributed by atoms with Crippen LogP contribution in [0.15, 0.2) is 18.5 Å². The number of nitrogens with zero attached hydrogens (tertiary/aromatic N) is 4. The van der Waals surface area contributed by atoms with E-state index in [1.165, 1.54) is 26.4 Å². The van der Waals surface area contributed by atoms with Crippen LogP contribution in [0.1, 0.15) is 44.4 Å². The smallest absolute Gasteiger partial charge is 0.282 e. The second kappa shape index (κ2) is 10.2. The van der Waals surface area contributed by atoms with E-state index in [9.17, 15) is 9.59 Å². The van der Waals surface area contributed by atoms with Crippen LogP contribution in [-0.4, -0.2) is 58.3 Å². The Balaban J connectivity index is 1.58. The maximum Gasteiger partial charge on any atom is 0.282 e. The van der Waals surface area contributed by atoms with Crippen LogP contribution in [0.4, 0.5) is 9.52 Å². The summed E-state index contributed by atoms with van der Waals surface area (Å²) < 4.78 is 25.6. The Labute approximate surface area is 198 Å². The summed E-state index contributed by atoms with van der Waals surface area (Å²) in [4.78, 5) is 33.7. The number of aryl methyl sites for hydroxylation is 2. The van der Waals surface area contributed by atoms with E-state index in [2.05, 4.69) is 30.8 Å². The first-order valence-electron chi connectivity index (χ1n) is 10.6. The molecule has 0 saturated carbocycles. The molecule has 0 bridgehead atoms. The Hall–Kier alpha value is -3.51. The first-order valence-corrected chi connectivity index (χ1v) is 11.4. The van der Waals surface area contributed by atoms with Crippen LogP contribution < -0.4 is 15.4 Å². The van der Waals surface area contributed by atoms with Gasteiger partial charge in [-0.3, -0.25) is 24.9 Å². The van der Waals surface area contributed by atoms with Crippen molar-refractivity contribution < 1.29 is 23.5 Å². The molecule has 4 rings (SSSR count). The van der Waals surface area contributed by atoms with Crippen LogP contribution in [0, 0.1) is 19.7 Å². The molecule has 1 aliphatic heterocycles. The number of carbonyl (C=O) groups is 2. The molecule has 2 N–H and O–H groups in total. The Morgan fingerprint density at radius 3 is 2.65 bits per heavy atom. The van der Waals surface area contributed by atoms with Crippen LogP contribution in [0.2, 0.25) is 0 Å². The number of anilines is 1. The van der Waals surface area contributed by atoms with E-state index in [1.807, 2.05) is 0 Å². The molecule has 0 unspecified atom stereocenters. The van der Waals surface area contributed by atoms with E-state index in [4.69, 9.17) is 9.47 Å². The average molecular weight is 487 g/mol. The van der Waals surface area contributed by atoms with Gasteiger partial charge in [0.2, 0.25) is 10.1 Å². The Bertz CT molecular complexity index is 1230. The normalized spacial score (nSPS) is 14.0. The Morgan fingerprint density at radius 1 is 1.15 bits per heavy atom. The van der Waals surface area contributed by atoms with Crippen LogP contribution in [0.3, 0.4) is 0 Å². The standard InChI is InChI=1S/C22H23FN6O4S/c1-11-8-14(17-16(32-3)10-25-12(2)18(17)23)15(9-24-11)19(30)27-22-29-28-21(34-22)20(31)26-13-4-6-33-7-5-13/h8-10,13H,4-7H2,1-3H3,(H,26,31)(H,27,29,30). The number of amides is 2. The highest BCUT2D eigenvalue weighted by atomic mass is 32.1. The van der Waals surface area contributed by atoms with Gasteiger partial charge < -0.3 is 14.8 Å². The van der Waals surface area contributed by atoms with Gasteiger partial charge in [-0.2, -0.15) is 0 Å². The molecular weight excluding hydrogens is 463 g/mol. The average Bonchev–Trinajstić information content (AvgIpc) is 3.30. The molecule has 0 spiro atoms. The Morgan fingerprint density at radius 2 is 1.91 bits per heavy atom. The highest BCUT2D eigenvalue weighted by Crippen LogP contribution is 2.36. The molecule has 178 valence electrons. The predicted octanol–water partition coefficient (Wildman–Crippen LogP) is 2.92. The predicted molar refractivity (Wildman–Crippen MR) is 123 cm³/mol. The fourth-order valence-corrected chi connectivity index (χ4v) is 4.18. The Kier molecular flexibility index (Phi) is 7.08. The van der Waals surface area contributed by atoms with Crippen molar-refractivity contribution in [3.63, 3.8) is 0 Å². The van der Waals surface area contributed by atoms with E-state index < -0.39 is 11.7 Å². The van der Waals surface area contributed by atoms with Gasteiger partial charge in [-0.05, 0) is 32.8 Å². The van der Waals surface area contributed by atoms with Crippen molar-refractivity contribution >= 4 is 28.3 Å². The number of hydrogen-bond donors (Lipinski definition) is 2. The molecule has 34 heavy (non-hydrogen) atoms. The van der Waals surface area contributed by atoms with Gasteiger partial charge in [0.1, 0.15) is 5.75 Å². The lowest BCUT2D eigenvalue weighted by Gasteiger charge is -2.22. The van der Waals surface area contributed by atoms with E-state index >= 15 is 4.39 Å².